The predicted molar refractivity (Wildman–Crippen MR) is 149 cm³/mol. The van der Waals surface area contributed by atoms with E-state index in [0.29, 0.717) is 58.9 Å². The molecule has 3 aromatic rings. The zero-order valence-corrected chi connectivity index (χ0v) is 23.3. The lowest BCUT2D eigenvalue weighted by molar-refractivity contribution is -0.138. The van der Waals surface area contributed by atoms with Gasteiger partial charge in [0.1, 0.15) is 0 Å². The maximum atomic E-state index is 14.0. The van der Waals surface area contributed by atoms with Crippen LogP contribution in [0.15, 0.2) is 46.6 Å². The third kappa shape index (κ3) is 5.98. The van der Waals surface area contributed by atoms with Gasteiger partial charge in [-0.25, -0.2) is 0 Å². The maximum absolute atomic E-state index is 14.0. The molecule has 40 heavy (non-hydrogen) atoms. The Kier molecular flexibility index (Phi) is 7.85. The minimum atomic E-state index is -4.61. The molecule has 0 spiro atoms. The standard InChI is InChI=1S/C27H26ClF3N6O2S/c1-35(2)23(38)15-36-7-9-37(10-8-36)26-33-25(39)24(40-26)20(16-4-6-22-18(11-16)14-32-34-22)12-17-3-5-19(28)13-21(17)27(29,30)31/h3-6,11,13-14,39H,7-10,12,15H2,1-2H3/b20-16+. The average molecular weight is 591 g/mol. The zero-order chi connectivity index (χ0) is 28.6. The minimum absolute atomic E-state index is 0.0117. The van der Waals surface area contributed by atoms with Crippen molar-refractivity contribution in [3.8, 4) is 5.88 Å². The first-order chi connectivity index (χ1) is 19.0. The molecule has 8 nitrogen and oxygen atoms in total. The fraction of sp³-hybridized carbons (Fsp3) is 0.333. The SMILES string of the molecule is CN(C)C(=O)CN1CCN(c2nc(O)c(/C(Cc3ccc(Cl)cc3C(F)(F)F)=c3\ccc4c(c3)C=NN=4)s2)CC1. The summed E-state index contributed by atoms with van der Waals surface area (Å²) < 4.78 is 41.9. The van der Waals surface area contributed by atoms with Gasteiger partial charge in [0, 0.05) is 57.3 Å². The van der Waals surface area contributed by atoms with E-state index < -0.39 is 11.7 Å². The molecule has 5 rings (SSSR count). The van der Waals surface area contributed by atoms with Crippen molar-refractivity contribution < 1.29 is 23.1 Å². The highest BCUT2D eigenvalue weighted by molar-refractivity contribution is 7.17. The van der Waals surface area contributed by atoms with Crippen LogP contribution < -0.4 is 15.5 Å². The number of benzene rings is 2. The van der Waals surface area contributed by atoms with Crippen molar-refractivity contribution in [3.05, 3.63) is 73.6 Å². The van der Waals surface area contributed by atoms with Crippen molar-refractivity contribution in [2.24, 2.45) is 10.2 Å². The van der Waals surface area contributed by atoms with Crippen LogP contribution in [0.1, 0.15) is 21.6 Å². The summed E-state index contributed by atoms with van der Waals surface area (Å²) in [5, 5.41) is 20.8. The Hall–Kier alpha value is -3.48. The number of nitrogens with zero attached hydrogens (tertiary/aromatic N) is 6. The molecule has 210 valence electrons. The van der Waals surface area contributed by atoms with Gasteiger partial charge < -0.3 is 14.9 Å². The van der Waals surface area contributed by atoms with Crippen molar-refractivity contribution in [1.82, 2.24) is 14.8 Å². The first-order valence-electron chi connectivity index (χ1n) is 12.5. The van der Waals surface area contributed by atoms with Crippen LogP contribution in [0, 0.1) is 0 Å². The lowest BCUT2D eigenvalue weighted by Gasteiger charge is -2.34. The molecular formula is C27H26ClF3N6O2S. The normalized spacial score (nSPS) is 16.1. The third-order valence-electron chi connectivity index (χ3n) is 6.86. The molecule has 1 N–H and O–H groups in total. The van der Waals surface area contributed by atoms with Crippen LogP contribution in [0.25, 0.3) is 5.57 Å². The average Bonchev–Trinajstić information content (AvgIpc) is 3.54. The number of hydrogen-bond acceptors (Lipinski definition) is 8. The second kappa shape index (κ2) is 11.2. The van der Waals surface area contributed by atoms with E-state index >= 15 is 0 Å². The Morgan fingerprint density at radius 1 is 1.12 bits per heavy atom. The van der Waals surface area contributed by atoms with Crippen molar-refractivity contribution in [2.75, 3.05) is 51.7 Å². The lowest BCUT2D eigenvalue weighted by Crippen LogP contribution is -2.49. The van der Waals surface area contributed by atoms with Crippen molar-refractivity contribution in [1.29, 1.82) is 0 Å². The Morgan fingerprint density at radius 3 is 2.58 bits per heavy atom. The monoisotopic (exact) mass is 590 g/mol. The summed E-state index contributed by atoms with van der Waals surface area (Å²) in [6, 6.07) is 9.01. The fourth-order valence-corrected chi connectivity index (χ4v) is 5.87. The molecule has 13 heteroatoms. The molecule has 1 aromatic heterocycles. The highest BCUT2D eigenvalue weighted by Crippen LogP contribution is 2.39. The number of aromatic hydroxyl groups is 1. The molecule has 0 saturated carbocycles. The number of aromatic nitrogens is 1. The Bertz CT molecular complexity index is 1600. The third-order valence-corrected chi connectivity index (χ3v) is 8.26. The quantitative estimate of drug-likeness (QED) is 0.477. The first-order valence-corrected chi connectivity index (χ1v) is 13.7. The number of likely N-dealkylation sites (N-methyl/N-ethyl adjacent to an activating group) is 1. The van der Waals surface area contributed by atoms with Crippen LogP contribution in [0.5, 0.6) is 5.88 Å². The second-order valence-electron chi connectivity index (χ2n) is 9.77. The Labute approximate surface area is 237 Å². The molecule has 0 aliphatic carbocycles. The number of rotatable bonds is 6. The van der Waals surface area contributed by atoms with Crippen LogP contribution in [-0.2, 0) is 17.4 Å². The number of thiazole rings is 1. The van der Waals surface area contributed by atoms with E-state index in [2.05, 4.69) is 20.1 Å². The van der Waals surface area contributed by atoms with E-state index in [0.717, 1.165) is 11.6 Å². The van der Waals surface area contributed by atoms with Gasteiger partial charge in [0.2, 0.25) is 11.8 Å². The molecule has 1 amide bonds. The second-order valence-corrected chi connectivity index (χ2v) is 11.2. The van der Waals surface area contributed by atoms with Crippen molar-refractivity contribution in [2.45, 2.75) is 12.6 Å². The lowest BCUT2D eigenvalue weighted by atomic mass is 9.96. The summed E-state index contributed by atoms with van der Waals surface area (Å²) in [5.74, 6) is -0.226. The largest absolute Gasteiger partial charge is 0.492 e. The number of amides is 1. The minimum Gasteiger partial charge on any atom is -0.492 e. The molecule has 2 aliphatic rings. The molecule has 0 bridgehead atoms. The van der Waals surface area contributed by atoms with E-state index in [1.54, 1.807) is 43.4 Å². The summed E-state index contributed by atoms with van der Waals surface area (Å²) in [7, 11) is 3.44. The number of carbonyl (C=O) groups is 1. The smallest absolute Gasteiger partial charge is 0.416 e. The maximum Gasteiger partial charge on any atom is 0.416 e. The Morgan fingerprint density at radius 2 is 1.88 bits per heavy atom. The van der Waals surface area contributed by atoms with Gasteiger partial charge in [-0.15, -0.1) is 0 Å². The van der Waals surface area contributed by atoms with Crippen LogP contribution in [-0.4, -0.2) is 78.8 Å². The van der Waals surface area contributed by atoms with Gasteiger partial charge in [0.05, 0.1) is 28.6 Å². The topological polar surface area (TPSA) is 84.6 Å². The summed E-state index contributed by atoms with van der Waals surface area (Å²) in [6.07, 6.45) is -3.14. The number of piperazine rings is 1. The summed E-state index contributed by atoms with van der Waals surface area (Å²) in [6.45, 7) is 2.78. The van der Waals surface area contributed by atoms with E-state index in [1.807, 2.05) is 4.90 Å². The van der Waals surface area contributed by atoms with Gasteiger partial charge >= 0.3 is 6.18 Å². The number of halogens is 4. The Balaban J connectivity index is 1.51. The number of hydrogen-bond donors (Lipinski definition) is 1. The molecule has 0 atom stereocenters. The first kappa shape index (κ1) is 28.1. The van der Waals surface area contributed by atoms with Gasteiger partial charge in [-0.05, 0) is 40.6 Å². The van der Waals surface area contributed by atoms with Crippen LogP contribution >= 0.6 is 22.9 Å². The fourth-order valence-electron chi connectivity index (χ4n) is 4.62. The molecule has 0 radical (unpaired) electrons. The van der Waals surface area contributed by atoms with Gasteiger partial charge in [0.25, 0.3) is 0 Å². The molecule has 0 unspecified atom stereocenters. The van der Waals surface area contributed by atoms with Gasteiger partial charge in [0.15, 0.2) is 5.13 Å². The van der Waals surface area contributed by atoms with Gasteiger partial charge in [-0.1, -0.05) is 35.1 Å². The highest BCUT2D eigenvalue weighted by Gasteiger charge is 2.34. The summed E-state index contributed by atoms with van der Waals surface area (Å²) in [5.41, 5.74) is 0.421. The number of fused-ring (bicyclic) bond motifs is 1. The zero-order valence-electron chi connectivity index (χ0n) is 21.7. The number of alkyl halides is 3. The van der Waals surface area contributed by atoms with Crippen LogP contribution in [0.3, 0.4) is 0 Å². The molecule has 3 heterocycles. The molecule has 1 saturated heterocycles. The van der Waals surface area contributed by atoms with Gasteiger partial charge in [-0.2, -0.15) is 28.4 Å². The van der Waals surface area contributed by atoms with Crippen molar-refractivity contribution >= 4 is 45.8 Å². The molecule has 1 fully saturated rings. The number of anilines is 1. The molecule has 2 aromatic carbocycles. The van der Waals surface area contributed by atoms with E-state index in [9.17, 15) is 23.1 Å². The van der Waals surface area contributed by atoms with Crippen LogP contribution in [0.4, 0.5) is 18.3 Å². The summed E-state index contributed by atoms with van der Waals surface area (Å²) >= 11 is 7.14. The molecular weight excluding hydrogens is 565 g/mol. The van der Waals surface area contributed by atoms with Crippen molar-refractivity contribution in [3.63, 3.8) is 0 Å². The predicted octanol–water partition coefficient (Wildman–Crippen LogP) is 3.14. The van der Waals surface area contributed by atoms with E-state index in [4.69, 9.17) is 11.6 Å². The van der Waals surface area contributed by atoms with E-state index in [1.165, 1.54) is 23.5 Å². The van der Waals surface area contributed by atoms with Gasteiger partial charge in [-0.3, -0.25) is 9.69 Å². The summed E-state index contributed by atoms with van der Waals surface area (Å²) in [4.78, 5) is 22.5. The van der Waals surface area contributed by atoms with E-state index in [-0.39, 0.29) is 28.8 Å². The molecule has 2 aliphatic heterocycles. The van der Waals surface area contributed by atoms with Crippen LogP contribution in [0.2, 0.25) is 5.02 Å². The number of carbonyl (C=O) groups excluding carboxylic acids is 1. The highest BCUT2D eigenvalue weighted by atomic mass is 35.5.